The number of benzene rings is 1. The number of carbonyl (C=O) groups excluding carboxylic acids is 2. The monoisotopic (exact) mass is 333 g/mol. The number of ether oxygens (including phenoxy) is 1. The van der Waals surface area contributed by atoms with E-state index in [-0.39, 0.29) is 23.9 Å². The zero-order valence-corrected chi connectivity index (χ0v) is 14.7. The molecule has 1 saturated heterocycles. The zero-order chi connectivity index (χ0) is 17.5. The molecule has 0 aliphatic carbocycles. The van der Waals surface area contributed by atoms with E-state index in [1.54, 1.807) is 7.11 Å². The summed E-state index contributed by atoms with van der Waals surface area (Å²) in [6, 6.07) is 7.62. The molecule has 1 aromatic rings. The zero-order valence-electron chi connectivity index (χ0n) is 14.7. The Morgan fingerprint density at radius 1 is 1.29 bits per heavy atom. The Labute approximate surface area is 143 Å². The number of amides is 2. The number of hydrogen-bond acceptors (Lipinski definition) is 4. The molecule has 6 nitrogen and oxygen atoms in total. The van der Waals surface area contributed by atoms with Crippen molar-refractivity contribution in [2.45, 2.75) is 38.3 Å². The molecule has 1 aromatic carbocycles. The Morgan fingerprint density at radius 3 is 2.62 bits per heavy atom. The molecular weight excluding hydrogens is 306 g/mol. The fourth-order valence-corrected chi connectivity index (χ4v) is 3.05. The van der Waals surface area contributed by atoms with Crippen molar-refractivity contribution in [3.8, 4) is 5.75 Å². The fraction of sp³-hybridized carbons (Fsp3) is 0.556. The van der Waals surface area contributed by atoms with Crippen LogP contribution in [0, 0.1) is 0 Å². The number of hydrogen-bond donors (Lipinski definition) is 2. The van der Waals surface area contributed by atoms with Crippen LogP contribution in [0.25, 0.3) is 0 Å². The van der Waals surface area contributed by atoms with Gasteiger partial charge in [0.25, 0.3) is 0 Å². The smallest absolute Gasteiger partial charge is 0.237 e. The minimum Gasteiger partial charge on any atom is -0.497 e. The van der Waals surface area contributed by atoms with Crippen molar-refractivity contribution < 1.29 is 14.3 Å². The Morgan fingerprint density at radius 2 is 2.00 bits per heavy atom. The number of nitrogens with one attached hydrogen (secondary N) is 2. The van der Waals surface area contributed by atoms with Crippen LogP contribution in [0.3, 0.4) is 0 Å². The number of aryl methyl sites for hydroxylation is 1. The quantitative estimate of drug-likeness (QED) is 0.779. The molecule has 0 radical (unpaired) electrons. The van der Waals surface area contributed by atoms with Gasteiger partial charge in [-0.05, 0) is 44.5 Å². The molecule has 0 spiro atoms. The Balaban J connectivity index is 1.77. The van der Waals surface area contributed by atoms with Crippen LogP contribution in [0.5, 0.6) is 5.75 Å². The summed E-state index contributed by atoms with van der Waals surface area (Å²) in [6.07, 6.45) is 1.80. The lowest BCUT2D eigenvalue weighted by Crippen LogP contribution is -2.41. The summed E-state index contributed by atoms with van der Waals surface area (Å²) in [6.45, 7) is 3.24. The first-order chi connectivity index (χ1) is 11.5. The number of carbonyl (C=O) groups is 2. The topological polar surface area (TPSA) is 70.7 Å². The Bertz CT molecular complexity index is 559. The van der Waals surface area contributed by atoms with Crippen LogP contribution in [0.15, 0.2) is 24.3 Å². The summed E-state index contributed by atoms with van der Waals surface area (Å²) in [4.78, 5) is 26.1. The Hall–Kier alpha value is -2.08. The van der Waals surface area contributed by atoms with Crippen LogP contribution >= 0.6 is 0 Å². The van der Waals surface area contributed by atoms with Gasteiger partial charge in [-0.3, -0.25) is 14.5 Å². The molecule has 2 N–H and O–H groups in total. The van der Waals surface area contributed by atoms with Crippen molar-refractivity contribution in [3.63, 3.8) is 0 Å². The van der Waals surface area contributed by atoms with E-state index in [9.17, 15) is 9.59 Å². The minimum absolute atomic E-state index is 0.0285. The lowest BCUT2D eigenvalue weighted by atomic mass is 10.1. The maximum absolute atomic E-state index is 12.1. The molecule has 0 unspecified atom stereocenters. The highest BCUT2D eigenvalue weighted by Gasteiger charge is 2.34. The fourth-order valence-electron chi connectivity index (χ4n) is 3.05. The van der Waals surface area contributed by atoms with Crippen molar-refractivity contribution >= 4 is 11.8 Å². The number of likely N-dealkylation sites (N-methyl/N-ethyl adjacent to an activating group) is 2. The number of likely N-dealkylation sites (tertiary alicyclic amines) is 1. The van der Waals surface area contributed by atoms with Gasteiger partial charge in [0.1, 0.15) is 5.75 Å². The van der Waals surface area contributed by atoms with Crippen molar-refractivity contribution in [3.05, 3.63) is 29.8 Å². The SMILES string of the molecule is CCNC(=O)[C@@H]1C[C@H](NC(=O)CCc2ccc(OC)cc2)CN1C. The molecule has 0 bridgehead atoms. The summed E-state index contributed by atoms with van der Waals surface area (Å²) in [7, 11) is 3.55. The van der Waals surface area contributed by atoms with Crippen molar-refractivity contribution in [1.82, 2.24) is 15.5 Å². The van der Waals surface area contributed by atoms with E-state index in [4.69, 9.17) is 4.74 Å². The first-order valence-corrected chi connectivity index (χ1v) is 8.43. The van der Waals surface area contributed by atoms with Gasteiger partial charge in [0, 0.05) is 25.6 Å². The Kier molecular flexibility index (Phi) is 6.61. The average molecular weight is 333 g/mol. The van der Waals surface area contributed by atoms with Crippen molar-refractivity contribution in [2.24, 2.45) is 0 Å². The highest BCUT2D eigenvalue weighted by molar-refractivity contribution is 5.82. The summed E-state index contributed by atoms with van der Waals surface area (Å²) in [5.41, 5.74) is 1.11. The third-order valence-electron chi connectivity index (χ3n) is 4.37. The second-order valence-electron chi connectivity index (χ2n) is 6.20. The van der Waals surface area contributed by atoms with Crippen LogP contribution in [-0.4, -0.2) is 56.0 Å². The molecule has 6 heteroatoms. The first kappa shape index (κ1) is 18.3. The van der Waals surface area contributed by atoms with E-state index in [2.05, 4.69) is 10.6 Å². The number of nitrogens with zero attached hydrogens (tertiary/aromatic N) is 1. The predicted octanol–water partition coefficient (Wildman–Crippen LogP) is 0.953. The van der Waals surface area contributed by atoms with Crippen LogP contribution in [0.2, 0.25) is 0 Å². The van der Waals surface area contributed by atoms with Gasteiger partial charge in [-0.1, -0.05) is 12.1 Å². The minimum atomic E-state index is -0.156. The van der Waals surface area contributed by atoms with E-state index < -0.39 is 0 Å². The van der Waals surface area contributed by atoms with Gasteiger partial charge in [-0.15, -0.1) is 0 Å². The molecule has 1 heterocycles. The van der Waals surface area contributed by atoms with Crippen LogP contribution < -0.4 is 15.4 Å². The maximum Gasteiger partial charge on any atom is 0.237 e. The van der Waals surface area contributed by atoms with Crippen molar-refractivity contribution in [1.29, 1.82) is 0 Å². The van der Waals surface area contributed by atoms with Crippen LogP contribution in [-0.2, 0) is 16.0 Å². The molecule has 0 saturated carbocycles. The predicted molar refractivity (Wildman–Crippen MR) is 93.0 cm³/mol. The normalized spacial score (nSPS) is 20.6. The second-order valence-corrected chi connectivity index (χ2v) is 6.20. The third-order valence-corrected chi connectivity index (χ3v) is 4.37. The van der Waals surface area contributed by atoms with Gasteiger partial charge in [-0.2, -0.15) is 0 Å². The maximum atomic E-state index is 12.1. The first-order valence-electron chi connectivity index (χ1n) is 8.43. The van der Waals surface area contributed by atoms with E-state index in [1.807, 2.05) is 43.1 Å². The van der Waals surface area contributed by atoms with Crippen LogP contribution in [0.4, 0.5) is 0 Å². The van der Waals surface area contributed by atoms with E-state index in [1.165, 1.54) is 0 Å². The van der Waals surface area contributed by atoms with Gasteiger partial charge in [0.05, 0.1) is 13.2 Å². The number of rotatable bonds is 7. The number of methoxy groups -OCH3 is 1. The van der Waals surface area contributed by atoms with Gasteiger partial charge in [-0.25, -0.2) is 0 Å². The van der Waals surface area contributed by atoms with Gasteiger partial charge in [0.2, 0.25) is 11.8 Å². The molecule has 1 fully saturated rings. The van der Waals surface area contributed by atoms with Gasteiger partial charge >= 0.3 is 0 Å². The largest absolute Gasteiger partial charge is 0.497 e. The van der Waals surface area contributed by atoms with Crippen molar-refractivity contribution in [2.75, 3.05) is 27.2 Å². The summed E-state index contributed by atoms with van der Waals surface area (Å²) in [5, 5.41) is 5.89. The molecule has 1 aliphatic rings. The summed E-state index contributed by atoms with van der Waals surface area (Å²) >= 11 is 0. The molecule has 2 amide bonds. The van der Waals surface area contributed by atoms with E-state index >= 15 is 0 Å². The highest BCUT2D eigenvalue weighted by atomic mass is 16.5. The second kappa shape index (κ2) is 8.68. The van der Waals surface area contributed by atoms with Gasteiger partial charge in [0.15, 0.2) is 0 Å². The standard InChI is InChI=1S/C18H27N3O3/c1-4-19-18(23)16-11-14(12-21(16)2)20-17(22)10-7-13-5-8-15(24-3)9-6-13/h5-6,8-9,14,16H,4,7,10-12H2,1-3H3,(H,19,23)(H,20,22)/t14-,16-/m0/s1. The molecule has 2 rings (SSSR count). The lowest BCUT2D eigenvalue weighted by Gasteiger charge is -2.17. The molecular formula is C18H27N3O3. The third kappa shape index (κ3) is 4.96. The lowest BCUT2D eigenvalue weighted by molar-refractivity contribution is -0.125. The van der Waals surface area contributed by atoms with E-state index in [0.717, 1.165) is 11.3 Å². The molecule has 132 valence electrons. The molecule has 1 aliphatic heterocycles. The highest BCUT2D eigenvalue weighted by Crippen LogP contribution is 2.17. The summed E-state index contributed by atoms with van der Waals surface area (Å²) < 4.78 is 5.12. The summed E-state index contributed by atoms with van der Waals surface area (Å²) in [5.74, 6) is 0.879. The molecule has 2 atom stereocenters. The van der Waals surface area contributed by atoms with Gasteiger partial charge < -0.3 is 15.4 Å². The molecule has 24 heavy (non-hydrogen) atoms. The van der Waals surface area contributed by atoms with Crippen LogP contribution in [0.1, 0.15) is 25.3 Å². The average Bonchev–Trinajstić information content (AvgIpc) is 2.94. The van der Waals surface area contributed by atoms with E-state index in [0.29, 0.717) is 32.4 Å². The molecule has 0 aromatic heterocycles.